The van der Waals surface area contributed by atoms with Crippen LogP contribution in [-0.2, 0) is 0 Å². The topological polar surface area (TPSA) is 55.5 Å². The van der Waals surface area contributed by atoms with Crippen LogP contribution in [0.4, 0.5) is 0 Å². The predicted molar refractivity (Wildman–Crippen MR) is 86.2 cm³/mol. The van der Waals surface area contributed by atoms with E-state index in [9.17, 15) is 5.11 Å². The van der Waals surface area contributed by atoms with Gasteiger partial charge in [-0.1, -0.05) is 47.5 Å². The number of ether oxygens (including phenoxy) is 1. The molecule has 0 aliphatic carbocycles. The van der Waals surface area contributed by atoms with E-state index in [1.807, 2.05) is 18.2 Å². The highest BCUT2D eigenvalue weighted by Crippen LogP contribution is 2.38. The Kier molecular flexibility index (Phi) is 5.48. The summed E-state index contributed by atoms with van der Waals surface area (Å²) < 4.78 is 5.29. The molecule has 2 atom stereocenters. The lowest BCUT2D eigenvalue weighted by Gasteiger charge is -2.24. The van der Waals surface area contributed by atoms with E-state index in [0.717, 1.165) is 5.56 Å². The van der Waals surface area contributed by atoms with Crippen LogP contribution in [0.5, 0.6) is 5.75 Å². The van der Waals surface area contributed by atoms with Crippen LogP contribution in [-0.4, -0.2) is 18.8 Å². The van der Waals surface area contributed by atoms with Crippen molar-refractivity contribution in [2.75, 3.05) is 13.7 Å². The SMILES string of the molecule is COc1ccccc1C(O)C(CN)c1ccc(Cl)cc1Cl. The molecule has 5 heteroatoms. The molecule has 3 nitrogen and oxygen atoms in total. The van der Waals surface area contributed by atoms with Crippen molar-refractivity contribution in [1.29, 1.82) is 0 Å². The Balaban J connectivity index is 2.40. The monoisotopic (exact) mass is 325 g/mol. The summed E-state index contributed by atoms with van der Waals surface area (Å²) in [6.45, 7) is 0.251. The molecule has 0 spiro atoms. The van der Waals surface area contributed by atoms with E-state index in [2.05, 4.69) is 0 Å². The Hall–Kier alpha value is -1.26. The van der Waals surface area contributed by atoms with Gasteiger partial charge in [0.25, 0.3) is 0 Å². The Morgan fingerprint density at radius 3 is 2.48 bits per heavy atom. The maximum absolute atomic E-state index is 10.7. The number of para-hydroxylation sites is 1. The first kappa shape index (κ1) is 16.1. The Labute approximate surface area is 134 Å². The van der Waals surface area contributed by atoms with Gasteiger partial charge in [0.2, 0.25) is 0 Å². The van der Waals surface area contributed by atoms with Crippen molar-refractivity contribution in [2.45, 2.75) is 12.0 Å². The summed E-state index contributed by atoms with van der Waals surface area (Å²) in [6.07, 6.45) is -0.815. The van der Waals surface area contributed by atoms with Gasteiger partial charge in [0, 0.05) is 28.1 Å². The van der Waals surface area contributed by atoms with E-state index in [0.29, 0.717) is 21.4 Å². The lowest BCUT2D eigenvalue weighted by atomic mass is 9.88. The van der Waals surface area contributed by atoms with Gasteiger partial charge in [-0.05, 0) is 23.8 Å². The molecule has 0 amide bonds. The summed E-state index contributed by atoms with van der Waals surface area (Å²) in [5.74, 6) is 0.277. The fourth-order valence-electron chi connectivity index (χ4n) is 2.36. The third-order valence-electron chi connectivity index (χ3n) is 3.45. The summed E-state index contributed by atoms with van der Waals surface area (Å²) in [7, 11) is 1.57. The highest BCUT2D eigenvalue weighted by molar-refractivity contribution is 6.35. The summed E-state index contributed by atoms with van der Waals surface area (Å²) in [5.41, 5.74) is 7.30. The largest absolute Gasteiger partial charge is 0.496 e. The average molecular weight is 326 g/mol. The number of aliphatic hydroxyl groups excluding tert-OH is 1. The van der Waals surface area contributed by atoms with E-state index in [1.54, 1.807) is 31.4 Å². The minimum absolute atomic E-state index is 0.251. The molecule has 0 aliphatic heterocycles. The lowest BCUT2D eigenvalue weighted by Crippen LogP contribution is -2.21. The first-order valence-electron chi connectivity index (χ1n) is 6.54. The number of halogens is 2. The van der Waals surface area contributed by atoms with E-state index in [-0.39, 0.29) is 12.5 Å². The van der Waals surface area contributed by atoms with E-state index in [1.165, 1.54) is 0 Å². The van der Waals surface area contributed by atoms with Crippen molar-refractivity contribution in [1.82, 2.24) is 0 Å². The van der Waals surface area contributed by atoms with Crippen molar-refractivity contribution in [2.24, 2.45) is 5.73 Å². The predicted octanol–water partition coefficient (Wildman–Crippen LogP) is 3.78. The van der Waals surface area contributed by atoms with E-state index < -0.39 is 6.10 Å². The molecule has 2 aromatic carbocycles. The summed E-state index contributed by atoms with van der Waals surface area (Å²) in [5, 5.41) is 11.7. The minimum Gasteiger partial charge on any atom is -0.496 e. The van der Waals surface area contributed by atoms with Crippen molar-refractivity contribution in [3.63, 3.8) is 0 Å². The Bertz CT molecular complexity index is 619. The molecule has 112 valence electrons. The van der Waals surface area contributed by atoms with Gasteiger partial charge in [0.15, 0.2) is 0 Å². The fourth-order valence-corrected chi connectivity index (χ4v) is 2.90. The van der Waals surface area contributed by atoms with Crippen LogP contribution >= 0.6 is 23.2 Å². The molecular formula is C16H17Cl2NO2. The normalized spacial score (nSPS) is 13.8. The quantitative estimate of drug-likeness (QED) is 0.879. The van der Waals surface area contributed by atoms with Gasteiger partial charge in [0.05, 0.1) is 13.2 Å². The zero-order valence-electron chi connectivity index (χ0n) is 11.6. The molecule has 3 N–H and O–H groups in total. The maximum atomic E-state index is 10.7. The second-order valence-electron chi connectivity index (χ2n) is 4.69. The van der Waals surface area contributed by atoms with Crippen LogP contribution < -0.4 is 10.5 Å². The third-order valence-corrected chi connectivity index (χ3v) is 4.02. The molecule has 0 heterocycles. The average Bonchev–Trinajstić information content (AvgIpc) is 2.49. The number of hydrogen-bond acceptors (Lipinski definition) is 3. The van der Waals surface area contributed by atoms with Crippen molar-refractivity contribution in [3.05, 3.63) is 63.6 Å². The highest BCUT2D eigenvalue weighted by atomic mass is 35.5. The van der Waals surface area contributed by atoms with Crippen LogP contribution in [0.3, 0.4) is 0 Å². The number of methoxy groups -OCH3 is 1. The second-order valence-corrected chi connectivity index (χ2v) is 5.54. The first-order valence-corrected chi connectivity index (χ1v) is 7.30. The molecule has 2 aromatic rings. The third kappa shape index (κ3) is 3.50. The number of rotatable bonds is 5. The van der Waals surface area contributed by atoms with Crippen molar-refractivity contribution >= 4 is 23.2 Å². The highest BCUT2D eigenvalue weighted by Gasteiger charge is 2.25. The van der Waals surface area contributed by atoms with E-state index in [4.69, 9.17) is 33.7 Å². The first-order chi connectivity index (χ1) is 10.1. The number of hydrogen-bond donors (Lipinski definition) is 2. The van der Waals surface area contributed by atoms with Gasteiger partial charge >= 0.3 is 0 Å². The number of aliphatic hydroxyl groups is 1. The molecule has 0 saturated carbocycles. The van der Waals surface area contributed by atoms with Gasteiger partial charge in [-0.2, -0.15) is 0 Å². The van der Waals surface area contributed by atoms with Gasteiger partial charge in [0.1, 0.15) is 5.75 Å². The number of nitrogens with two attached hydrogens (primary N) is 1. The van der Waals surface area contributed by atoms with Crippen LogP contribution in [0.15, 0.2) is 42.5 Å². The smallest absolute Gasteiger partial charge is 0.124 e. The zero-order chi connectivity index (χ0) is 15.4. The van der Waals surface area contributed by atoms with Crippen LogP contribution in [0.1, 0.15) is 23.1 Å². The molecule has 0 radical (unpaired) electrons. The summed E-state index contributed by atoms with van der Waals surface area (Å²) in [6, 6.07) is 12.5. The van der Waals surface area contributed by atoms with Gasteiger partial charge in [-0.3, -0.25) is 0 Å². The molecule has 0 aromatic heterocycles. The van der Waals surface area contributed by atoms with Gasteiger partial charge in [-0.15, -0.1) is 0 Å². The Morgan fingerprint density at radius 2 is 1.86 bits per heavy atom. The summed E-state index contributed by atoms with van der Waals surface area (Å²) in [4.78, 5) is 0. The zero-order valence-corrected chi connectivity index (χ0v) is 13.1. The lowest BCUT2D eigenvalue weighted by molar-refractivity contribution is 0.144. The molecule has 0 bridgehead atoms. The summed E-state index contributed by atoms with van der Waals surface area (Å²) >= 11 is 12.1. The molecule has 0 aliphatic rings. The molecular weight excluding hydrogens is 309 g/mol. The second kappa shape index (κ2) is 7.14. The van der Waals surface area contributed by atoms with Gasteiger partial charge in [-0.25, -0.2) is 0 Å². The van der Waals surface area contributed by atoms with Crippen LogP contribution in [0.2, 0.25) is 10.0 Å². The minimum atomic E-state index is -0.815. The molecule has 2 unspecified atom stereocenters. The maximum Gasteiger partial charge on any atom is 0.124 e. The molecule has 2 rings (SSSR count). The van der Waals surface area contributed by atoms with Crippen molar-refractivity contribution in [3.8, 4) is 5.75 Å². The van der Waals surface area contributed by atoms with Crippen LogP contribution in [0.25, 0.3) is 0 Å². The van der Waals surface area contributed by atoms with Gasteiger partial charge < -0.3 is 15.6 Å². The fraction of sp³-hybridized carbons (Fsp3) is 0.250. The van der Waals surface area contributed by atoms with E-state index >= 15 is 0 Å². The molecule has 0 fully saturated rings. The van der Waals surface area contributed by atoms with Crippen LogP contribution in [0, 0.1) is 0 Å². The Morgan fingerprint density at radius 1 is 1.14 bits per heavy atom. The number of benzene rings is 2. The van der Waals surface area contributed by atoms with Crippen molar-refractivity contribution < 1.29 is 9.84 Å². The molecule has 0 saturated heterocycles. The standard InChI is InChI=1S/C16H17Cl2NO2/c1-21-15-5-3-2-4-12(15)16(20)13(9-19)11-7-6-10(17)8-14(11)18/h2-8,13,16,20H,9,19H2,1H3. The molecule has 21 heavy (non-hydrogen) atoms.